The molecule has 152 valence electrons. The molecule has 31 heavy (non-hydrogen) atoms. The van der Waals surface area contributed by atoms with Crippen molar-refractivity contribution >= 4 is 0 Å². The van der Waals surface area contributed by atoms with Crippen LogP contribution in [0.2, 0.25) is 0 Å². The van der Waals surface area contributed by atoms with Gasteiger partial charge in [-0.15, -0.1) is 0 Å². The molecule has 1 aliphatic heterocycles. The van der Waals surface area contributed by atoms with Crippen LogP contribution in [0.25, 0.3) is 11.5 Å². The number of aromatic nitrogens is 4. The smallest absolute Gasteiger partial charge is 0.242 e. The molecule has 0 bridgehead atoms. The highest BCUT2D eigenvalue weighted by atomic mass is 16.3. The number of nitriles is 1. The fraction of sp³-hybridized carbons (Fsp3) is 0.167. The van der Waals surface area contributed by atoms with E-state index in [4.69, 9.17) is 0 Å². The summed E-state index contributed by atoms with van der Waals surface area (Å²) >= 11 is 0. The molecule has 0 saturated heterocycles. The van der Waals surface area contributed by atoms with Crippen LogP contribution in [0.3, 0.4) is 0 Å². The minimum Gasteiger partial charge on any atom is -0.503 e. The maximum atomic E-state index is 12.2. The van der Waals surface area contributed by atoms with Crippen LogP contribution >= 0.6 is 0 Å². The average molecular weight is 409 g/mol. The number of rotatable bonds is 3. The number of aromatic hydroxyl groups is 1. The Kier molecular flexibility index (Phi) is 4.41. The van der Waals surface area contributed by atoms with E-state index in [0.29, 0.717) is 23.6 Å². The third kappa shape index (κ3) is 3.09. The van der Waals surface area contributed by atoms with E-state index >= 15 is 0 Å². The molecule has 7 nitrogen and oxygen atoms in total. The summed E-state index contributed by atoms with van der Waals surface area (Å²) in [6, 6.07) is 17.7. The average Bonchev–Trinajstić information content (AvgIpc) is 3.25. The highest BCUT2D eigenvalue weighted by Crippen LogP contribution is 2.42. The van der Waals surface area contributed by atoms with Crippen molar-refractivity contribution in [3.05, 3.63) is 99.6 Å². The first-order chi connectivity index (χ1) is 15.1. The van der Waals surface area contributed by atoms with Crippen molar-refractivity contribution < 1.29 is 5.11 Å². The highest BCUT2D eigenvalue weighted by Gasteiger charge is 2.35. The molecular formula is C24H19N5O2. The number of aryl methyl sites for hydroxylation is 1. The van der Waals surface area contributed by atoms with Gasteiger partial charge in [-0.3, -0.25) is 9.48 Å². The molecule has 1 aliphatic rings. The fourth-order valence-corrected chi connectivity index (χ4v) is 4.42. The Bertz CT molecular complexity index is 1400. The van der Waals surface area contributed by atoms with Gasteiger partial charge in [-0.1, -0.05) is 42.0 Å². The molecule has 0 radical (unpaired) electrons. The zero-order valence-electron chi connectivity index (χ0n) is 16.8. The van der Waals surface area contributed by atoms with E-state index in [-0.39, 0.29) is 17.7 Å². The lowest BCUT2D eigenvalue weighted by atomic mass is 9.83. The molecule has 0 saturated carbocycles. The van der Waals surface area contributed by atoms with Crippen LogP contribution in [0.1, 0.15) is 34.2 Å². The molecule has 7 heteroatoms. The minimum atomic E-state index is -0.542. The van der Waals surface area contributed by atoms with Crippen molar-refractivity contribution in [3.63, 3.8) is 0 Å². The molecule has 2 atom stereocenters. The van der Waals surface area contributed by atoms with E-state index in [1.165, 1.54) is 0 Å². The Morgan fingerprint density at radius 3 is 2.74 bits per heavy atom. The Morgan fingerprint density at radius 2 is 1.97 bits per heavy atom. The van der Waals surface area contributed by atoms with Crippen LogP contribution in [0.5, 0.6) is 5.75 Å². The Morgan fingerprint density at radius 1 is 1.19 bits per heavy atom. The van der Waals surface area contributed by atoms with Gasteiger partial charge in [-0.2, -0.15) is 10.4 Å². The van der Waals surface area contributed by atoms with Crippen molar-refractivity contribution in [2.75, 3.05) is 0 Å². The first-order valence-electron chi connectivity index (χ1n) is 9.95. The van der Waals surface area contributed by atoms with Crippen LogP contribution < -0.4 is 5.43 Å². The molecule has 0 spiro atoms. The predicted molar refractivity (Wildman–Crippen MR) is 115 cm³/mol. The van der Waals surface area contributed by atoms with Crippen LogP contribution in [0.15, 0.2) is 71.9 Å². The molecule has 1 N–H and O–H groups in total. The lowest BCUT2D eigenvalue weighted by Gasteiger charge is -2.35. The lowest BCUT2D eigenvalue weighted by molar-refractivity contribution is 0.331. The van der Waals surface area contributed by atoms with Gasteiger partial charge < -0.3 is 9.67 Å². The van der Waals surface area contributed by atoms with Crippen molar-refractivity contribution in [3.8, 4) is 23.3 Å². The van der Waals surface area contributed by atoms with E-state index in [0.717, 1.165) is 22.9 Å². The van der Waals surface area contributed by atoms with Gasteiger partial charge in [0.25, 0.3) is 0 Å². The van der Waals surface area contributed by atoms with Crippen molar-refractivity contribution in [1.82, 2.24) is 19.3 Å². The van der Waals surface area contributed by atoms with Gasteiger partial charge in [0.1, 0.15) is 5.69 Å². The molecule has 3 heterocycles. The lowest BCUT2D eigenvalue weighted by Crippen LogP contribution is -2.32. The van der Waals surface area contributed by atoms with Crippen LogP contribution in [0, 0.1) is 18.3 Å². The van der Waals surface area contributed by atoms with E-state index in [9.17, 15) is 15.2 Å². The molecule has 4 aromatic rings. The number of nitrogens with zero attached hydrogens (tertiary/aromatic N) is 5. The van der Waals surface area contributed by atoms with E-state index < -0.39 is 5.43 Å². The molecule has 0 unspecified atom stereocenters. The fourth-order valence-electron chi connectivity index (χ4n) is 4.42. The Hall–Kier alpha value is -4.18. The van der Waals surface area contributed by atoms with Gasteiger partial charge in [0.2, 0.25) is 5.43 Å². The second-order valence-electron chi connectivity index (χ2n) is 7.75. The summed E-state index contributed by atoms with van der Waals surface area (Å²) in [4.78, 5) is 16.5. The molecule has 0 fully saturated rings. The van der Waals surface area contributed by atoms with Crippen LogP contribution in [-0.4, -0.2) is 24.4 Å². The summed E-state index contributed by atoms with van der Waals surface area (Å²) in [5.41, 5.74) is 3.49. The summed E-state index contributed by atoms with van der Waals surface area (Å²) < 4.78 is 3.63. The van der Waals surface area contributed by atoms with Crippen molar-refractivity contribution in [2.24, 2.45) is 0 Å². The summed E-state index contributed by atoms with van der Waals surface area (Å²) in [6.45, 7) is 2.59. The predicted octanol–water partition coefficient (Wildman–Crippen LogP) is 3.38. The van der Waals surface area contributed by atoms with Gasteiger partial charge in [-0.05, 0) is 30.2 Å². The number of hydrogen-bond donors (Lipinski definition) is 1. The summed E-state index contributed by atoms with van der Waals surface area (Å²) in [7, 11) is 0. The maximum Gasteiger partial charge on any atom is 0.242 e. The number of imidazole rings is 1. The molecule has 0 aliphatic carbocycles. The number of fused-ring (bicyclic) bond motifs is 3. The van der Waals surface area contributed by atoms with Gasteiger partial charge >= 0.3 is 0 Å². The zero-order chi connectivity index (χ0) is 21.5. The zero-order valence-corrected chi connectivity index (χ0v) is 16.8. The quantitative estimate of drug-likeness (QED) is 0.560. The highest BCUT2D eigenvalue weighted by molar-refractivity contribution is 5.60. The topological polar surface area (TPSA) is 96.7 Å². The van der Waals surface area contributed by atoms with Crippen LogP contribution in [0.4, 0.5) is 0 Å². The molecule has 5 rings (SSSR count). The van der Waals surface area contributed by atoms with Crippen molar-refractivity contribution in [2.45, 2.75) is 25.4 Å². The normalized spacial score (nSPS) is 15.5. The minimum absolute atomic E-state index is 0.170. The van der Waals surface area contributed by atoms with Gasteiger partial charge in [0.05, 0.1) is 23.9 Å². The first kappa shape index (κ1) is 18.8. The number of hydrogen-bond acceptors (Lipinski definition) is 5. The molecule has 2 aromatic carbocycles. The first-order valence-corrected chi connectivity index (χ1v) is 9.95. The van der Waals surface area contributed by atoms with Gasteiger partial charge in [-0.25, -0.2) is 4.98 Å². The Labute approximate surface area is 178 Å². The van der Waals surface area contributed by atoms with Crippen molar-refractivity contribution in [1.29, 1.82) is 5.26 Å². The monoisotopic (exact) mass is 409 g/mol. The summed E-state index contributed by atoms with van der Waals surface area (Å²) in [5.74, 6) is -0.0227. The van der Waals surface area contributed by atoms with Gasteiger partial charge in [0.15, 0.2) is 11.6 Å². The Balaban J connectivity index is 1.77. The third-order valence-corrected chi connectivity index (χ3v) is 5.77. The SMILES string of the molecule is Cc1cccc([C@@H](c2cccc(C#N)c2)[C@H]2Cn3ccnc3-c3c(O)c(=O)cnn32)c1. The van der Waals surface area contributed by atoms with E-state index in [2.05, 4.69) is 28.3 Å². The summed E-state index contributed by atoms with van der Waals surface area (Å²) in [6.07, 6.45) is 4.63. The largest absolute Gasteiger partial charge is 0.503 e. The maximum absolute atomic E-state index is 12.2. The molecule has 0 amide bonds. The second kappa shape index (κ2) is 7.26. The van der Waals surface area contributed by atoms with Crippen LogP contribution in [-0.2, 0) is 6.54 Å². The van der Waals surface area contributed by atoms with E-state index in [1.54, 1.807) is 16.9 Å². The number of benzene rings is 2. The van der Waals surface area contributed by atoms with E-state index in [1.807, 2.05) is 48.0 Å². The van der Waals surface area contributed by atoms with Gasteiger partial charge in [0, 0.05) is 24.9 Å². The second-order valence-corrected chi connectivity index (χ2v) is 7.75. The molecular weight excluding hydrogens is 390 g/mol. The molecule has 2 aromatic heterocycles. The summed E-state index contributed by atoms with van der Waals surface area (Å²) in [5, 5.41) is 24.5. The third-order valence-electron chi connectivity index (χ3n) is 5.77. The standard InChI is InChI=1S/C24H19N5O2/c1-15-4-2-6-17(10-15)21(18-7-3-5-16(11-18)12-25)19-14-28-9-8-26-24(28)22-23(31)20(30)13-27-29(19)22/h2-11,13,19,21,31H,14H2,1H3/t19-,21+/m1/s1.